The number of aromatic nitrogens is 1. The Balaban J connectivity index is 1.73. The van der Waals surface area contributed by atoms with Crippen LogP contribution in [0.4, 0.5) is 11.5 Å². The molecule has 3 aromatic rings. The minimum atomic E-state index is -1.05. The zero-order chi connectivity index (χ0) is 22.7. The molecule has 0 aliphatic carbocycles. The number of hydrogen-bond donors (Lipinski definition) is 4. The lowest BCUT2D eigenvalue weighted by Crippen LogP contribution is -2.28. The number of benzene rings is 2. The third kappa shape index (κ3) is 4.43. The van der Waals surface area contributed by atoms with Crippen LogP contribution < -0.4 is 26.9 Å². The quantitative estimate of drug-likeness (QED) is 0.353. The molecule has 0 amide bonds. The largest absolute Gasteiger partial charge is 0.478 e. The molecule has 0 atom stereocenters. The van der Waals surface area contributed by atoms with Gasteiger partial charge in [-0.2, -0.15) is 0 Å². The maximum Gasteiger partial charge on any atom is 0.335 e. The van der Waals surface area contributed by atoms with Gasteiger partial charge in [0, 0.05) is 42.9 Å². The van der Waals surface area contributed by atoms with Gasteiger partial charge >= 0.3 is 5.97 Å². The van der Waals surface area contributed by atoms with Gasteiger partial charge in [-0.3, -0.25) is 9.80 Å². The van der Waals surface area contributed by atoms with Crippen molar-refractivity contribution in [3.8, 4) is 0 Å². The number of pyridine rings is 1. The number of ether oxygens (including phenoxy) is 1. The van der Waals surface area contributed by atoms with E-state index >= 15 is 0 Å². The van der Waals surface area contributed by atoms with Crippen LogP contribution in [0, 0.1) is 0 Å². The fourth-order valence-corrected chi connectivity index (χ4v) is 3.75. The highest BCUT2D eigenvalue weighted by atomic mass is 16.5. The van der Waals surface area contributed by atoms with Gasteiger partial charge in [-0.25, -0.2) is 10.6 Å². The van der Waals surface area contributed by atoms with Crippen molar-refractivity contribution in [2.45, 2.75) is 6.42 Å². The van der Waals surface area contributed by atoms with Gasteiger partial charge in [-0.1, -0.05) is 18.2 Å². The van der Waals surface area contributed by atoms with Crippen LogP contribution in [0.25, 0.3) is 16.6 Å². The number of hydrazine groups is 1. The number of hydrogen-bond acceptors (Lipinski definition) is 7. The Bertz CT molecular complexity index is 1230. The Hall–Kier alpha value is -3.82. The number of aromatic carboxylic acids is 1. The van der Waals surface area contributed by atoms with Crippen LogP contribution in [-0.4, -0.2) is 42.4 Å². The summed E-state index contributed by atoms with van der Waals surface area (Å²) in [6.07, 6.45) is 2.38. The van der Waals surface area contributed by atoms with Crippen LogP contribution >= 0.6 is 0 Å². The molecule has 9 heteroatoms. The summed E-state index contributed by atoms with van der Waals surface area (Å²) < 4.78 is 5.52. The van der Waals surface area contributed by atoms with Crippen LogP contribution in [0.1, 0.15) is 22.3 Å². The monoisotopic (exact) mass is 435 g/mol. The first kappa shape index (κ1) is 21.4. The van der Waals surface area contributed by atoms with Gasteiger partial charge in [0.05, 0.1) is 29.1 Å². The van der Waals surface area contributed by atoms with Gasteiger partial charge in [0.15, 0.2) is 5.43 Å². The number of nitrogens with one attached hydrogen (secondary N) is 1. The van der Waals surface area contributed by atoms with E-state index in [4.69, 9.17) is 16.3 Å². The van der Waals surface area contributed by atoms with Gasteiger partial charge in [0.2, 0.25) is 0 Å². The smallest absolute Gasteiger partial charge is 0.335 e. The van der Waals surface area contributed by atoms with Gasteiger partial charge in [-0.05, 0) is 30.7 Å². The summed E-state index contributed by atoms with van der Waals surface area (Å²) in [5, 5.41) is 11.0. The lowest BCUT2D eigenvalue weighted by molar-refractivity contribution is 0.0697. The fourth-order valence-electron chi connectivity index (χ4n) is 3.75. The third-order valence-corrected chi connectivity index (χ3v) is 5.39. The molecule has 4 rings (SSSR count). The molecule has 6 N–H and O–H groups in total. The summed E-state index contributed by atoms with van der Waals surface area (Å²) in [6.45, 7) is 2.77. The lowest BCUT2D eigenvalue weighted by atomic mass is 10.1. The topological polar surface area (TPSA) is 138 Å². The predicted molar refractivity (Wildman–Crippen MR) is 124 cm³/mol. The number of H-pyrrole nitrogens is 1. The van der Waals surface area contributed by atoms with Crippen LogP contribution in [-0.2, 0) is 4.74 Å². The van der Waals surface area contributed by atoms with E-state index in [1.807, 2.05) is 0 Å². The van der Waals surface area contributed by atoms with Crippen LogP contribution in [0.15, 0.2) is 59.5 Å². The normalized spacial score (nSPS) is 14.9. The number of anilines is 2. The van der Waals surface area contributed by atoms with Crippen molar-refractivity contribution in [3.05, 3.63) is 76.1 Å². The number of fused-ring (bicyclic) bond motifs is 1. The molecule has 166 valence electrons. The molecule has 0 spiro atoms. The summed E-state index contributed by atoms with van der Waals surface area (Å²) in [4.78, 5) is 29.5. The molecule has 1 aliphatic rings. The van der Waals surface area contributed by atoms with E-state index in [2.05, 4.69) is 9.88 Å². The van der Waals surface area contributed by atoms with Crippen molar-refractivity contribution >= 4 is 34.1 Å². The van der Waals surface area contributed by atoms with E-state index in [0.29, 0.717) is 53.4 Å². The summed E-state index contributed by atoms with van der Waals surface area (Å²) in [6, 6.07) is 13.1. The molecule has 1 aliphatic heterocycles. The van der Waals surface area contributed by atoms with E-state index in [1.165, 1.54) is 23.3 Å². The summed E-state index contributed by atoms with van der Waals surface area (Å²) in [5.41, 5.74) is 8.40. The highest BCUT2D eigenvalue weighted by Crippen LogP contribution is 2.23. The van der Waals surface area contributed by atoms with Gasteiger partial charge in [0.25, 0.3) is 0 Å². The summed E-state index contributed by atoms with van der Waals surface area (Å²) in [5.74, 6) is 5.80. The molecule has 0 unspecified atom stereocenters. The van der Waals surface area contributed by atoms with Crippen LogP contribution in [0.5, 0.6) is 0 Å². The van der Waals surface area contributed by atoms with Crippen molar-refractivity contribution in [1.29, 1.82) is 0 Å². The maximum atomic E-state index is 12.8. The summed E-state index contributed by atoms with van der Waals surface area (Å²) in [7, 11) is 0. The zero-order valence-electron chi connectivity index (χ0n) is 17.5. The van der Waals surface area contributed by atoms with Crippen molar-refractivity contribution in [1.82, 2.24) is 4.98 Å². The Morgan fingerprint density at radius 2 is 1.97 bits per heavy atom. The first-order chi connectivity index (χ1) is 15.4. The molecule has 0 saturated carbocycles. The van der Waals surface area contributed by atoms with Crippen LogP contribution in [0.3, 0.4) is 0 Å². The average Bonchev–Trinajstić information content (AvgIpc) is 3.08. The number of para-hydroxylation sites is 1. The van der Waals surface area contributed by atoms with Gasteiger partial charge in [-0.15, -0.1) is 0 Å². The first-order valence-corrected chi connectivity index (χ1v) is 10.3. The first-order valence-electron chi connectivity index (χ1n) is 10.3. The van der Waals surface area contributed by atoms with Gasteiger partial charge in [0.1, 0.15) is 5.82 Å². The average molecular weight is 435 g/mol. The second-order valence-electron chi connectivity index (χ2n) is 7.55. The molecule has 1 aromatic heterocycles. The number of carboxylic acid groups (broad SMARTS) is 1. The minimum absolute atomic E-state index is 0.104. The van der Waals surface area contributed by atoms with Crippen molar-refractivity contribution in [2.75, 3.05) is 36.2 Å². The molecular formula is C23H25N5O4. The number of nitrogens with two attached hydrogens (primary N) is 2. The standard InChI is InChI=1S/C23H25N5O4/c24-19(14-28(25)16-5-1-4-15(12-16)23(30)31)17-6-2-7-18-20(29)13-21(26-22(17)18)27-8-3-10-32-11-9-27/h1-2,4-7,12-14H,3,8-11,24-25H2,(H,26,29)(H,30,31)/b19-14-. The molecule has 0 bridgehead atoms. The minimum Gasteiger partial charge on any atom is -0.478 e. The molecule has 0 radical (unpaired) electrons. The number of rotatable bonds is 5. The molecule has 9 nitrogen and oxygen atoms in total. The highest BCUT2D eigenvalue weighted by Gasteiger charge is 2.15. The van der Waals surface area contributed by atoms with Crippen molar-refractivity contribution < 1.29 is 14.6 Å². The van der Waals surface area contributed by atoms with E-state index in [-0.39, 0.29) is 11.0 Å². The van der Waals surface area contributed by atoms with E-state index in [1.54, 1.807) is 36.4 Å². The van der Waals surface area contributed by atoms with Crippen molar-refractivity contribution in [2.24, 2.45) is 11.6 Å². The third-order valence-electron chi connectivity index (χ3n) is 5.39. The Morgan fingerprint density at radius 3 is 2.78 bits per heavy atom. The molecule has 2 heterocycles. The fraction of sp³-hybridized carbons (Fsp3) is 0.217. The molecule has 2 aromatic carbocycles. The van der Waals surface area contributed by atoms with Crippen molar-refractivity contribution in [3.63, 3.8) is 0 Å². The van der Waals surface area contributed by atoms with Gasteiger partial charge < -0.3 is 25.5 Å². The lowest BCUT2D eigenvalue weighted by Gasteiger charge is -2.22. The second kappa shape index (κ2) is 9.13. The molecule has 1 saturated heterocycles. The maximum absolute atomic E-state index is 12.8. The zero-order valence-corrected chi connectivity index (χ0v) is 17.5. The SMILES string of the molecule is N/C(=C\N(N)c1cccc(C(=O)O)c1)c1cccc2c(=O)cc(N3CCCOCC3)[nH]c12. The number of aromatic amines is 1. The number of nitrogens with zero attached hydrogens (tertiary/aromatic N) is 2. The predicted octanol–water partition coefficient (Wildman–Crippen LogP) is 2.09. The second-order valence-corrected chi connectivity index (χ2v) is 7.55. The number of carbonyl (C=O) groups is 1. The van der Waals surface area contributed by atoms with E-state index in [9.17, 15) is 14.7 Å². The van der Waals surface area contributed by atoms with Crippen LogP contribution in [0.2, 0.25) is 0 Å². The molecule has 32 heavy (non-hydrogen) atoms. The van der Waals surface area contributed by atoms with E-state index in [0.717, 1.165) is 13.0 Å². The Morgan fingerprint density at radius 1 is 1.16 bits per heavy atom. The number of carboxylic acids is 1. The van der Waals surface area contributed by atoms with E-state index < -0.39 is 5.97 Å². The Labute approximate surface area is 184 Å². The Kier molecular flexibility index (Phi) is 6.11. The highest BCUT2D eigenvalue weighted by molar-refractivity contribution is 5.92. The summed E-state index contributed by atoms with van der Waals surface area (Å²) >= 11 is 0. The molecule has 1 fully saturated rings. The molecular weight excluding hydrogens is 410 g/mol.